The third-order valence-corrected chi connectivity index (χ3v) is 5.61. The van der Waals surface area contributed by atoms with Crippen LogP contribution >= 0.6 is 0 Å². The van der Waals surface area contributed by atoms with Crippen molar-refractivity contribution in [1.29, 1.82) is 0 Å². The summed E-state index contributed by atoms with van der Waals surface area (Å²) < 4.78 is 34.7. The molecule has 3 aromatic rings. The van der Waals surface area contributed by atoms with Crippen molar-refractivity contribution in [3.8, 4) is 17.2 Å². The minimum atomic E-state index is -4.02. The van der Waals surface area contributed by atoms with E-state index in [0.717, 1.165) is 11.1 Å². The summed E-state index contributed by atoms with van der Waals surface area (Å²) in [5.74, 6) is 0.375. The van der Waals surface area contributed by atoms with E-state index in [4.69, 9.17) is 14.6 Å². The van der Waals surface area contributed by atoms with Gasteiger partial charge in [-0.25, -0.2) is 13.6 Å². The number of primary sulfonamides is 1. The predicted octanol–water partition coefficient (Wildman–Crippen LogP) is 3.22. The molecule has 0 aliphatic carbocycles. The Morgan fingerprint density at radius 2 is 1.59 bits per heavy atom. The first kappa shape index (κ1) is 19.0. The minimum absolute atomic E-state index is 0.104. The molecule has 0 spiro atoms. The molecule has 148 valence electrons. The van der Waals surface area contributed by atoms with E-state index in [1.165, 1.54) is 19.2 Å². The molecule has 0 fully saturated rings. The van der Waals surface area contributed by atoms with Crippen LogP contribution in [0.2, 0.25) is 0 Å². The number of rotatable bonds is 4. The van der Waals surface area contributed by atoms with E-state index in [2.05, 4.69) is 5.32 Å². The van der Waals surface area contributed by atoms with Crippen LogP contribution in [0.1, 0.15) is 17.0 Å². The predicted molar refractivity (Wildman–Crippen MR) is 108 cm³/mol. The zero-order valence-corrected chi connectivity index (χ0v) is 16.3. The standard InChI is InChI=1S/C21H18N2O5S/c1-27-18-11-10-13(12-19(18)29(22,25)26)23-21(24)20-14-6-2-4-8-16(14)28-17-9-5-3-7-15(17)20/h2-12,20H,1H3,(H,23,24)(H2,22,25,26). The van der Waals surface area contributed by atoms with E-state index in [0.29, 0.717) is 17.2 Å². The van der Waals surface area contributed by atoms with Crippen molar-refractivity contribution in [3.63, 3.8) is 0 Å². The monoisotopic (exact) mass is 410 g/mol. The maximum Gasteiger partial charge on any atom is 0.241 e. The molecule has 0 aromatic heterocycles. The summed E-state index contributed by atoms with van der Waals surface area (Å²) in [7, 11) is -2.68. The number of carbonyl (C=O) groups excluding carboxylic acids is 1. The number of sulfonamides is 1. The first-order valence-corrected chi connectivity index (χ1v) is 10.3. The number of benzene rings is 3. The molecular formula is C21H18N2O5S. The number of ether oxygens (including phenoxy) is 2. The highest BCUT2D eigenvalue weighted by molar-refractivity contribution is 7.89. The number of methoxy groups -OCH3 is 1. The number of hydrogen-bond donors (Lipinski definition) is 2. The molecule has 0 saturated heterocycles. The molecule has 4 rings (SSSR count). The number of fused-ring (bicyclic) bond motifs is 2. The molecule has 0 atom stereocenters. The Kier molecular flexibility index (Phi) is 4.73. The van der Waals surface area contributed by atoms with Gasteiger partial charge in [0.25, 0.3) is 0 Å². The second-order valence-electron chi connectivity index (χ2n) is 6.51. The van der Waals surface area contributed by atoms with Gasteiger partial charge in [-0.1, -0.05) is 36.4 Å². The first-order valence-electron chi connectivity index (χ1n) is 8.76. The Balaban J connectivity index is 1.73. The number of amides is 1. The van der Waals surface area contributed by atoms with Gasteiger partial charge in [-0.05, 0) is 30.3 Å². The Bertz CT molecular complexity index is 1160. The van der Waals surface area contributed by atoms with E-state index in [9.17, 15) is 13.2 Å². The van der Waals surface area contributed by atoms with Gasteiger partial charge < -0.3 is 14.8 Å². The fraction of sp³-hybridized carbons (Fsp3) is 0.0952. The number of anilines is 1. The molecule has 1 aliphatic rings. The summed E-state index contributed by atoms with van der Waals surface area (Å²) in [4.78, 5) is 13.0. The fourth-order valence-electron chi connectivity index (χ4n) is 3.38. The maximum absolute atomic E-state index is 13.2. The van der Waals surface area contributed by atoms with E-state index >= 15 is 0 Å². The van der Waals surface area contributed by atoms with E-state index in [1.807, 2.05) is 36.4 Å². The summed E-state index contributed by atoms with van der Waals surface area (Å²) in [6.45, 7) is 0. The number of para-hydroxylation sites is 2. The fourth-order valence-corrected chi connectivity index (χ4v) is 4.11. The van der Waals surface area contributed by atoms with Gasteiger partial charge in [0, 0.05) is 16.8 Å². The van der Waals surface area contributed by atoms with Gasteiger partial charge in [0.15, 0.2) is 0 Å². The Labute approximate surface area is 168 Å². The van der Waals surface area contributed by atoms with Crippen molar-refractivity contribution in [3.05, 3.63) is 77.9 Å². The zero-order valence-electron chi connectivity index (χ0n) is 15.5. The lowest BCUT2D eigenvalue weighted by Gasteiger charge is -2.27. The quantitative estimate of drug-likeness (QED) is 0.687. The van der Waals surface area contributed by atoms with Crippen molar-refractivity contribution in [1.82, 2.24) is 0 Å². The molecule has 3 N–H and O–H groups in total. The second kappa shape index (κ2) is 7.23. The van der Waals surface area contributed by atoms with Gasteiger partial charge in [0.05, 0.1) is 13.0 Å². The van der Waals surface area contributed by atoms with Crippen LogP contribution in [-0.2, 0) is 14.8 Å². The highest BCUT2D eigenvalue weighted by Gasteiger charge is 2.32. The Morgan fingerprint density at radius 1 is 1.00 bits per heavy atom. The lowest BCUT2D eigenvalue weighted by molar-refractivity contribution is -0.116. The van der Waals surface area contributed by atoms with Crippen LogP contribution in [0.25, 0.3) is 0 Å². The second-order valence-corrected chi connectivity index (χ2v) is 8.04. The third-order valence-electron chi connectivity index (χ3n) is 4.68. The molecule has 3 aromatic carbocycles. The van der Waals surface area contributed by atoms with Crippen LogP contribution in [0.4, 0.5) is 5.69 Å². The lowest BCUT2D eigenvalue weighted by atomic mass is 9.87. The number of nitrogens with one attached hydrogen (secondary N) is 1. The first-order chi connectivity index (χ1) is 13.9. The molecule has 8 heteroatoms. The smallest absolute Gasteiger partial charge is 0.241 e. The third kappa shape index (κ3) is 3.55. The lowest BCUT2D eigenvalue weighted by Crippen LogP contribution is -2.25. The molecule has 0 radical (unpaired) electrons. The highest BCUT2D eigenvalue weighted by Crippen LogP contribution is 2.44. The average molecular weight is 410 g/mol. The van der Waals surface area contributed by atoms with Gasteiger partial charge in [0.1, 0.15) is 22.1 Å². The molecule has 0 unspecified atom stereocenters. The molecule has 29 heavy (non-hydrogen) atoms. The van der Waals surface area contributed by atoms with Crippen LogP contribution < -0.4 is 19.9 Å². The number of nitrogens with two attached hydrogens (primary N) is 1. The molecule has 0 saturated carbocycles. The van der Waals surface area contributed by atoms with Crippen LogP contribution in [0.15, 0.2) is 71.6 Å². The van der Waals surface area contributed by atoms with Gasteiger partial charge in [-0.15, -0.1) is 0 Å². The summed E-state index contributed by atoms with van der Waals surface area (Å²) >= 11 is 0. The van der Waals surface area contributed by atoms with Crippen molar-refractivity contribution >= 4 is 21.6 Å². The summed E-state index contributed by atoms with van der Waals surface area (Å²) in [5, 5.41) is 8.05. The molecule has 1 aliphatic heterocycles. The van der Waals surface area contributed by atoms with E-state index in [-0.39, 0.29) is 16.6 Å². The SMILES string of the molecule is COc1ccc(NC(=O)C2c3ccccc3Oc3ccccc32)cc1S(N)(=O)=O. The zero-order chi connectivity index (χ0) is 20.6. The molecule has 1 heterocycles. The van der Waals surface area contributed by atoms with Crippen LogP contribution in [0.3, 0.4) is 0 Å². The van der Waals surface area contributed by atoms with Crippen molar-refractivity contribution in [2.24, 2.45) is 5.14 Å². The van der Waals surface area contributed by atoms with Crippen molar-refractivity contribution < 1.29 is 22.7 Å². The molecule has 0 bridgehead atoms. The average Bonchev–Trinajstić information content (AvgIpc) is 2.71. The summed E-state index contributed by atoms with van der Waals surface area (Å²) in [5.41, 5.74) is 1.74. The summed E-state index contributed by atoms with van der Waals surface area (Å²) in [6.07, 6.45) is 0. The van der Waals surface area contributed by atoms with Gasteiger partial charge in [0.2, 0.25) is 15.9 Å². The molecular weight excluding hydrogens is 392 g/mol. The molecule has 1 amide bonds. The van der Waals surface area contributed by atoms with Crippen LogP contribution in [0.5, 0.6) is 17.2 Å². The highest BCUT2D eigenvalue weighted by atomic mass is 32.2. The number of hydrogen-bond acceptors (Lipinski definition) is 5. The maximum atomic E-state index is 13.2. The Morgan fingerprint density at radius 3 is 2.14 bits per heavy atom. The van der Waals surface area contributed by atoms with Gasteiger partial charge in [-0.3, -0.25) is 4.79 Å². The largest absolute Gasteiger partial charge is 0.495 e. The minimum Gasteiger partial charge on any atom is -0.495 e. The normalized spacial score (nSPS) is 13.0. The van der Waals surface area contributed by atoms with Crippen LogP contribution in [0, 0.1) is 0 Å². The van der Waals surface area contributed by atoms with E-state index < -0.39 is 15.9 Å². The van der Waals surface area contributed by atoms with Crippen molar-refractivity contribution in [2.75, 3.05) is 12.4 Å². The van der Waals surface area contributed by atoms with Crippen LogP contribution in [-0.4, -0.2) is 21.4 Å². The topological polar surface area (TPSA) is 108 Å². The molecule has 7 nitrogen and oxygen atoms in total. The Hall–Kier alpha value is -3.36. The van der Waals surface area contributed by atoms with Gasteiger partial charge in [-0.2, -0.15) is 0 Å². The number of carbonyl (C=O) groups is 1. The summed E-state index contributed by atoms with van der Waals surface area (Å²) in [6, 6.07) is 18.9. The van der Waals surface area contributed by atoms with E-state index in [1.54, 1.807) is 18.2 Å². The van der Waals surface area contributed by atoms with Gasteiger partial charge >= 0.3 is 0 Å². The van der Waals surface area contributed by atoms with Crippen molar-refractivity contribution in [2.45, 2.75) is 10.8 Å².